The number of fused-ring (bicyclic) bond motifs is 1. The highest BCUT2D eigenvalue weighted by Gasteiger charge is 2.20. The van der Waals surface area contributed by atoms with Crippen molar-refractivity contribution < 1.29 is 9.90 Å². The third kappa shape index (κ3) is 2.61. The first kappa shape index (κ1) is 13.5. The van der Waals surface area contributed by atoms with Crippen LogP contribution < -0.4 is 5.32 Å². The maximum atomic E-state index is 12.2. The van der Waals surface area contributed by atoms with E-state index in [9.17, 15) is 9.90 Å². The van der Waals surface area contributed by atoms with Crippen LogP contribution in [-0.4, -0.2) is 33.4 Å². The Kier molecular flexibility index (Phi) is 3.85. The summed E-state index contributed by atoms with van der Waals surface area (Å²) in [5.74, 6) is -0.0755. The molecule has 1 heterocycles. The van der Waals surface area contributed by atoms with Crippen LogP contribution in [0.25, 0.3) is 10.9 Å². The Hall–Kier alpha value is -1.88. The first-order valence-corrected chi connectivity index (χ1v) is 6.38. The number of para-hydroxylation sites is 1. The second-order valence-corrected chi connectivity index (χ2v) is 5.00. The van der Waals surface area contributed by atoms with Crippen molar-refractivity contribution >= 4 is 16.8 Å². The molecule has 0 aliphatic carbocycles. The number of hydrogen-bond donors (Lipinski definition) is 2. The molecule has 0 aliphatic heterocycles. The van der Waals surface area contributed by atoms with E-state index in [2.05, 4.69) is 10.4 Å². The Morgan fingerprint density at radius 2 is 2.11 bits per heavy atom. The monoisotopic (exact) mass is 261 g/mol. The van der Waals surface area contributed by atoms with Gasteiger partial charge in [-0.05, 0) is 12.0 Å². The lowest BCUT2D eigenvalue weighted by atomic mass is 10.1. The fourth-order valence-corrected chi connectivity index (χ4v) is 2.04. The van der Waals surface area contributed by atoms with Crippen molar-refractivity contribution in [1.29, 1.82) is 0 Å². The summed E-state index contributed by atoms with van der Waals surface area (Å²) in [7, 11) is 1.81. The number of rotatable bonds is 4. The van der Waals surface area contributed by atoms with E-state index < -0.39 is 0 Å². The molecule has 0 saturated heterocycles. The zero-order valence-corrected chi connectivity index (χ0v) is 11.4. The number of aromatic nitrogens is 2. The van der Waals surface area contributed by atoms with Crippen molar-refractivity contribution in [3.8, 4) is 0 Å². The highest BCUT2D eigenvalue weighted by molar-refractivity contribution is 6.04. The average Bonchev–Trinajstić information content (AvgIpc) is 2.73. The van der Waals surface area contributed by atoms with Crippen molar-refractivity contribution in [3.63, 3.8) is 0 Å². The van der Waals surface area contributed by atoms with Crippen LogP contribution in [0, 0.1) is 5.92 Å². The molecule has 1 amide bonds. The molecule has 2 N–H and O–H groups in total. The standard InChI is InChI=1S/C14H19N3O2/c1-9(2)11(8-18)15-14(19)13-10-6-4-5-7-12(10)17(3)16-13/h4-7,9,11,18H,8H2,1-3H3,(H,15,19)/t11-/m1/s1. The zero-order chi connectivity index (χ0) is 14.0. The summed E-state index contributed by atoms with van der Waals surface area (Å²) in [6.45, 7) is 3.84. The van der Waals surface area contributed by atoms with Gasteiger partial charge in [0.1, 0.15) is 0 Å². The van der Waals surface area contributed by atoms with Gasteiger partial charge in [0.2, 0.25) is 0 Å². The van der Waals surface area contributed by atoms with Crippen molar-refractivity contribution in [2.24, 2.45) is 13.0 Å². The van der Waals surface area contributed by atoms with Gasteiger partial charge in [0, 0.05) is 12.4 Å². The third-order valence-corrected chi connectivity index (χ3v) is 3.29. The highest BCUT2D eigenvalue weighted by atomic mass is 16.3. The summed E-state index contributed by atoms with van der Waals surface area (Å²) in [6.07, 6.45) is 0. The van der Waals surface area contributed by atoms with E-state index in [0.29, 0.717) is 5.69 Å². The van der Waals surface area contributed by atoms with Crippen LogP contribution in [0.4, 0.5) is 0 Å². The number of amides is 1. The van der Waals surface area contributed by atoms with Crippen LogP contribution in [-0.2, 0) is 7.05 Å². The minimum absolute atomic E-state index is 0.0752. The smallest absolute Gasteiger partial charge is 0.272 e. The van der Waals surface area contributed by atoms with Crippen LogP contribution in [0.1, 0.15) is 24.3 Å². The lowest BCUT2D eigenvalue weighted by Crippen LogP contribution is -2.41. The van der Waals surface area contributed by atoms with E-state index in [1.165, 1.54) is 0 Å². The van der Waals surface area contributed by atoms with Crippen LogP contribution in [0.15, 0.2) is 24.3 Å². The number of nitrogens with one attached hydrogen (secondary N) is 1. The summed E-state index contributed by atoms with van der Waals surface area (Å²) in [5.41, 5.74) is 1.31. The number of benzene rings is 1. The first-order valence-electron chi connectivity index (χ1n) is 6.38. The summed E-state index contributed by atoms with van der Waals surface area (Å²) in [4.78, 5) is 12.2. The van der Waals surface area contributed by atoms with Gasteiger partial charge in [-0.15, -0.1) is 0 Å². The van der Waals surface area contributed by atoms with Crippen molar-refractivity contribution in [2.75, 3.05) is 6.61 Å². The first-order chi connectivity index (χ1) is 9.04. The number of aliphatic hydroxyl groups is 1. The van der Waals surface area contributed by atoms with Crippen LogP contribution in [0.2, 0.25) is 0 Å². The van der Waals surface area contributed by atoms with Gasteiger partial charge in [-0.25, -0.2) is 0 Å². The Balaban J connectivity index is 2.32. The maximum absolute atomic E-state index is 12.2. The molecule has 0 radical (unpaired) electrons. The molecule has 1 aromatic carbocycles. The van der Waals surface area contributed by atoms with Gasteiger partial charge in [0.15, 0.2) is 5.69 Å². The number of carbonyl (C=O) groups is 1. The van der Waals surface area contributed by atoms with Gasteiger partial charge in [0.05, 0.1) is 18.2 Å². The molecule has 2 rings (SSSR count). The Morgan fingerprint density at radius 1 is 1.42 bits per heavy atom. The fraction of sp³-hybridized carbons (Fsp3) is 0.429. The van der Waals surface area contributed by atoms with Gasteiger partial charge in [0.25, 0.3) is 5.91 Å². The number of aliphatic hydroxyl groups excluding tert-OH is 1. The molecule has 102 valence electrons. The summed E-state index contributed by atoms with van der Waals surface area (Å²) < 4.78 is 1.69. The zero-order valence-electron chi connectivity index (χ0n) is 11.4. The molecule has 0 fully saturated rings. The second-order valence-electron chi connectivity index (χ2n) is 5.00. The molecule has 0 spiro atoms. The Labute approximate surface area is 112 Å². The van der Waals surface area contributed by atoms with E-state index in [0.717, 1.165) is 10.9 Å². The van der Waals surface area contributed by atoms with E-state index in [-0.39, 0.29) is 24.5 Å². The average molecular weight is 261 g/mol. The molecule has 0 saturated carbocycles. The quantitative estimate of drug-likeness (QED) is 0.872. The number of nitrogens with zero attached hydrogens (tertiary/aromatic N) is 2. The molecule has 0 aliphatic rings. The number of aryl methyl sites for hydroxylation is 1. The summed E-state index contributed by atoms with van der Waals surface area (Å²) in [5, 5.41) is 17.2. The molecule has 19 heavy (non-hydrogen) atoms. The third-order valence-electron chi connectivity index (χ3n) is 3.29. The second kappa shape index (κ2) is 5.40. The van der Waals surface area contributed by atoms with Crippen molar-refractivity contribution in [2.45, 2.75) is 19.9 Å². The van der Waals surface area contributed by atoms with E-state index >= 15 is 0 Å². The van der Waals surface area contributed by atoms with Crippen molar-refractivity contribution in [3.05, 3.63) is 30.0 Å². The van der Waals surface area contributed by atoms with Crippen LogP contribution >= 0.6 is 0 Å². The van der Waals surface area contributed by atoms with Gasteiger partial charge in [-0.3, -0.25) is 9.48 Å². The van der Waals surface area contributed by atoms with Gasteiger partial charge < -0.3 is 10.4 Å². The summed E-state index contributed by atoms with van der Waals surface area (Å²) >= 11 is 0. The highest BCUT2D eigenvalue weighted by Crippen LogP contribution is 2.17. The molecular formula is C14H19N3O2. The lowest BCUT2D eigenvalue weighted by Gasteiger charge is -2.19. The van der Waals surface area contributed by atoms with Gasteiger partial charge >= 0.3 is 0 Å². The minimum Gasteiger partial charge on any atom is -0.394 e. The molecule has 2 aromatic rings. The Morgan fingerprint density at radius 3 is 2.74 bits per heavy atom. The lowest BCUT2D eigenvalue weighted by molar-refractivity contribution is 0.0892. The SMILES string of the molecule is CC(C)[C@@H](CO)NC(=O)c1nn(C)c2ccccc12. The van der Waals surface area contributed by atoms with Crippen LogP contribution in [0.5, 0.6) is 0 Å². The molecule has 0 unspecified atom stereocenters. The van der Waals surface area contributed by atoms with Gasteiger partial charge in [-0.2, -0.15) is 5.10 Å². The molecule has 0 bridgehead atoms. The normalized spacial score (nSPS) is 12.9. The van der Waals surface area contributed by atoms with Crippen LogP contribution in [0.3, 0.4) is 0 Å². The van der Waals surface area contributed by atoms with E-state index in [1.807, 2.05) is 45.2 Å². The molecule has 1 aromatic heterocycles. The topological polar surface area (TPSA) is 67.2 Å². The maximum Gasteiger partial charge on any atom is 0.272 e. The van der Waals surface area contributed by atoms with Gasteiger partial charge in [-0.1, -0.05) is 32.0 Å². The molecule has 5 heteroatoms. The number of carbonyl (C=O) groups excluding carboxylic acids is 1. The fourth-order valence-electron chi connectivity index (χ4n) is 2.04. The van der Waals surface area contributed by atoms with E-state index in [4.69, 9.17) is 0 Å². The van der Waals surface area contributed by atoms with E-state index in [1.54, 1.807) is 4.68 Å². The Bertz CT molecular complexity index is 589. The molecule has 5 nitrogen and oxygen atoms in total. The van der Waals surface area contributed by atoms with Crippen molar-refractivity contribution in [1.82, 2.24) is 15.1 Å². The number of hydrogen-bond acceptors (Lipinski definition) is 3. The molecule has 1 atom stereocenters. The predicted octanol–water partition coefficient (Wildman–Crippen LogP) is 1.32. The minimum atomic E-state index is -0.256. The summed E-state index contributed by atoms with van der Waals surface area (Å²) in [6, 6.07) is 7.34. The molecular weight excluding hydrogens is 242 g/mol. The largest absolute Gasteiger partial charge is 0.394 e. The predicted molar refractivity (Wildman–Crippen MR) is 73.9 cm³/mol.